The van der Waals surface area contributed by atoms with Crippen molar-refractivity contribution in [2.75, 3.05) is 7.05 Å². The second-order valence-corrected chi connectivity index (χ2v) is 1.84. The van der Waals surface area contributed by atoms with Gasteiger partial charge in [-0.25, -0.2) is 0 Å². The van der Waals surface area contributed by atoms with Gasteiger partial charge in [0.1, 0.15) is 0 Å². The van der Waals surface area contributed by atoms with Crippen molar-refractivity contribution in [3.8, 4) is 0 Å². The summed E-state index contributed by atoms with van der Waals surface area (Å²) in [6, 6.07) is -0.766. The maximum atomic E-state index is 10.4. The summed E-state index contributed by atoms with van der Waals surface area (Å²) in [6.07, 6.45) is -0.272. The van der Waals surface area contributed by atoms with E-state index in [2.05, 4.69) is 5.32 Å². The first kappa shape index (κ1) is 8.90. The third kappa shape index (κ3) is 3.03. The van der Waals surface area contributed by atoms with Gasteiger partial charge in [-0.3, -0.25) is 9.59 Å². The topological polar surface area (TPSA) is 92.4 Å². The number of nitrogens with two attached hydrogens (primary N) is 1. The Bertz CT molecular complexity index is 146. The highest BCUT2D eigenvalue weighted by Crippen LogP contribution is 1.88. The van der Waals surface area contributed by atoms with Crippen molar-refractivity contribution in [2.45, 2.75) is 12.5 Å². The molecule has 58 valence electrons. The molecular formula is C5H10N2O3. The van der Waals surface area contributed by atoms with Gasteiger partial charge in [0.05, 0.1) is 12.5 Å². The summed E-state index contributed by atoms with van der Waals surface area (Å²) in [5, 5.41) is 10.7. The minimum absolute atomic E-state index is 0.272. The van der Waals surface area contributed by atoms with Gasteiger partial charge in [0.25, 0.3) is 0 Å². The van der Waals surface area contributed by atoms with Crippen LogP contribution in [-0.2, 0) is 9.59 Å². The summed E-state index contributed by atoms with van der Waals surface area (Å²) >= 11 is 0. The highest BCUT2D eigenvalue weighted by Gasteiger charge is 2.15. The zero-order valence-corrected chi connectivity index (χ0v) is 5.63. The molecule has 5 nitrogen and oxygen atoms in total. The van der Waals surface area contributed by atoms with Crippen molar-refractivity contribution in [1.82, 2.24) is 5.32 Å². The predicted octanol–water partition coefficient (Wildman–Crippen LogP) is -1.47. The van der Waals surface area contributed by atoms with Crippen molar-refractivity contribution in [3.63, 3.8) is 0 Å². The zero-order chi connectivity index (χ0) is 8.15. The average molecular weight is 146 g/mol. The largest absolute Gasteiger partial charge is 0.481 e. The number of aliphatic carboxylic acids is 1. The monoisotopic (exact) mass is 146 g/mol. The average Bonchev–Trinajstić information content (AvgIpc) is 1.81. The quantitative estimate of drug-likeness (QED) is 0.451. The lowest BCUT2D eigenvalue weighted by Crippen LogP contribution is -2.40. The lowest BCUT2D eigenvalue weighted by molar-refractivity contribution is -0.139. The zero-order valence-electron chi connectivity index (χ0n) is 5.63. The van der Waals surface area contributed by atoms with Gasteiger partial charge in [-0.15, -0.1) is 0 Å². The van der Waals surface area contributed by atoms with E-state index < -0.39 is 17.9 Å². The highest BCUT2D eigenvalue weighted by atomic mass is 16.4. The van der Waals surface area contributed by atoms with E-state index in [4.69, 9.17) is 10.8 Å². The molecule has 4 N–H and O–H groups in total. The molecule has 0 bridgehead atoms. The molecule has 0 aliphatic heterocycles. The molecule has 0 aromatic heterocycles. The molecule has 1 amide bonds. The third-order valence-electron chi connectivity index (χ3n) is 1.07. The summed E-state index contributed by atoms with van der Waals surface area (Å²) in [6.45, 7) is 0. The second-order valence-electron chi connectivity index (χ2n) is 1.84. The summed E-state index contributed by atoms with van der Waals surface area (Å²) in [5.41, 5.74) is 4.83. The van der Waals surface area contributed by atoms with Crippen molar-refractivity contribution >= 4 is 11.9 Å². The molecule has 5 heteroatoms. The van der Waals surface area contributed by atoms with Crippen molar-refractivity contribution in [2.24, 2.45) is 5.73 Å². The van der Waals surface area contributed by atoms with Crippen molar-refractivity contribution in [1.29, 1.82) is 0 Å². The number of hydrogen-bond acceptors (Lipinski definition) is 3. The summed E-state index contributed by atoms with van der Waals surface area (Å²) < 4.78 is 0. The van der Waals surface area contributed by atoms with Gasteiger partial charge < -0.3 is 16.2 Å². The van der Waals surface area contributed by atoms with E-state index in [1.54, 1.807) is 0 Å². The number of primary amides is 1. The number of amides is 1. The van der Waals surface area contributed by atoms with E-state index in [-0.39, 0.29) is 6.42 Å². The lowest BCUT2D eigenvalue weighted by atomic mass is 10.2. The Kier molecular flexibility index (Phi) is 3.42. The molecule has 0 spiro atoms. The molecular weight excluding hydrogens is 136 g/mol. The first-order chi connectivity index (χ1) is 4.57. The number of hydrogen-bond donors (Lipinski definition) is 3. The fraction of sp³-hybridized carbons (Fsp3) is 0.600. The SMILES string of the molecule is CN[C@H](CC(=O)O)C(N)=O. The van der Waals surface area contributed by atoms with Gasteiger partial charge in [-0.05, 0) is 7.05 Å². The molecule has 1 atom stereocenters. The van der Waals surface area contributed by atoms with E-state index >= 15 is 0 Å². The molecule has 0 aromatic carbocycles. The molecule has 0 aliphatic rings. The minimum Gasteiger partial charge on any atom is -0.481 e. The number of rotatable bonds is 4. The van der Waals surface area contributed by atoms with Gasteiger partial charge in [-0.1, -0.05) is 0 Å². The van der Waals surface area contributed by atoms with Crippen molar-refractivity contribution < 1.29 is 14.7 Å². The Balaban J connectivity index is 3.83. The standard InChI is InChI=1S/C5H10N2O3/c1-7-3(5(6)10)2-4(8)9/h3,7H,2H2,1H3,(H2,6,10)(H,8,9)/t3-/m1/s1. The molecule has 0 unspecified atom stereocenters. The summed E-state index contributed by atoms with van der Waals surface area (Å²) in [5.74, 6) is -1.69. The molecule has 10 heavy (non-hydrogen) atoms. The van der Waals surface area contributed by atoms with Gasteiger partial charge in [0.15, 0.2) is 0 Å². The van der Waals surface area contributed by atoms with Gasteiger partial charge in [0, 0.05) is 0 Å². The lowest BCUT2D eigenvalue weighted by Gasteiger charge is -2.07. The van der Waals surface area contributed by atoms with Crippen molar-refractivity contribution in [3.05, 3.63) is 0 Å². The third-order valence-corrected chi connectivity index (χ3v) is 1.07. The molecule has 0 saturated heterocycles. The number of nitrogens with one attached hydrogen (secondary N) is 1. The number of carbonyl (C=O) groups excluding carboxylic acids is 1. The van der Waals surface area contributed by atoms with E-state index in [0.717, 1.165) is 0 Å². The summed E-state index contributed by atoms with van der Waals surface area (Å²) in [7, 11) is 1.48. The van der Waals surface area contributed by atoms with E-state index in [9.17, 15) is 9.59 Å². The van der Waals surface area contributed by atoms with Crippen LogP contribution in [0.4, 0.5) is 0 Å². The maximum absolute atomic E-state index is 10.4. The first-order valence-electron chi connectivity index (χ1n) is 2.76. The number of carboxylic acid groups (broad SMARTS) is 1. The van der Waals surface area contributed by atoms with Crippen LogP contribution in [0.2, 0.25) is 0 Å². The minimum atomic E-state index is -1.04. The number of carboxylic acids is 1. The fourth-order valence-electron chi connectivity index (χ4n) is 0.520. The highest BCUT2D eigenvalue weighted by molar-refractivity contribution is 5.84. The molecule has 0 saturated carbocycles. The Hall–Kier alpha value is -1.10. The van der Waals surface area contributed by atoms with Crippen LogP contribution >= 0.6 is 0 Å². The van der Waals surface area contributed by atoms with Crippen LogP contribution in [-0.4, -0.2) is 30.1 Å². The Morgan fingerprint density at radius 1 is 1.70 bits per heavy atom. The molecule has 0 heterocycles. The molecule has 0 aromatic rings. The summed E-state index contributed by atoms with van der Waals surface area (Å²) in [4.78, 5) is 20.4. The van der Waals surface area contributed by atoms with E-state index in [1.165, 1.54) is 7.05 Å². The second kappa shape index (κ2) is 3.84. The molecule has 0 aliphatic carbocycles. The molecule has 0 fully saturated rings. The Labute approximate surface area is 58.2 Å². The number of carbonyl (C=O) groups is 2. The molecule has 0 radical (unpaired) electrons. The van der Waals surface area contributed by atoms with Crippen LogP contribution in [0.3, 0.4) is 0 Å². The van der Waals surface area contributed by atoms with Gasteiger partial charge in [0.2, 0.25) is 5.91 Å². The smallest absolute Gasteiger partial charge is 0.305 e. The molecule has 0 rings (SSSR count). The van der Waals surface area contributed by atoms with Crippen LogP contribution in [0.5, 0.6) is 0 Å². The number of likely N-dealkylation sites (N-methyl/N-ethyl adjacent to an activating group) is 1. The van der Waals surface area contributed by atoms with Gasteiger partial charge in [-0.2, -0.15) is 0 Å². The first-order valence-corrected chi connectivity index (χ1v) is 2.76. The van der Waals surface area contributed by atoms with Crippen LogP contribution in [0.15, 0.2) is 0 Å². The van der Waals surface area contributed by atoms with Crippen LogP contribution in [0.1, 0.15) is 6.42 Å². The fourth-order valence-corrected chi connectivity index (χ4v) is 0.520. The normalized spacial score (nSPS) is 12.5. The van der Waals surface area contributed by atoms with E-state index in [1.807, 2.05) is 0 Å². The van der Waals surface area contributed by atoms with Crippen LogP contribution < -0.4 is 11.1 Å². The maximum Gasteiger partial charge on any atom is 0.305 e. The van der Waals surface area contributed by atoms with E-state index in [0.29, 0.717) is 0 Å². The van der Waals surface area contributed by atoms with Gasteiger partial charge >= 0.3 is 5.97 Å². The van der Waals surface area contributed by atoms with Crippen LogP contribution in [0, 0.1) is 0 Å². The Morgan fingerprint density at radius 2 is 2.20 bits per heavy atom. The Morgan fingerprint density at radius 3 is 2.30 bits per heavy atom. The van der Waals surface area contributed by atoms with Crippen LogP contribution in [0.25, 0.3) is 0 Å². The predicted molar refractivity (Wildman–Crippen MR) is 34.3 cm³/mol.